The van der Waals surface area contributed by atoms with Crippen LogP contribution in [-0.4, -0.2) is 9.85 Å². The van der Waals surface area contributed by atoms with Gasteiger partial charge >= 0.3 is 0 Å². The van der Waals surface area contributed by atoms with Crippen LogP contribution in [0.5, 0.6) is 0 Å². The molecular formula is C19H15FN4O4. The number of nitrogens with two attached hydrogens (primary N) is 1. The SMILES string of the molecule is Nc1ccc(Cc2ccc(F)cc2)cc1Nc1c([N+](=O)[O-])cccc1[N+](=O)[O-]. The van der Waals surface area contributed by atoms with Gasteiger partial charge in [-0.3, -0.25) is 20.2 Å². The topological polar surface area (TPSA) is 124 Å². The molecule has 0 saturated heterocycles. The third-order valence-electron chi connectivity index (χ3n) is 4.11. The quantitative estimate of drug-likeness (QED) is 0.366. The number of para-hydroxylation sites is 1. The summed E-state index contributed by atoms with van der Waals surface area (Å²) in [5.41, 5.74) is 7.07. The van der Waals surface area contributed by atoms with E-state index in [2.05, 4.69) is 5.32 Å². The van der Waals surface area contributed by atoms with Crippen LogP contribution in [0.3, 0.4) is 0 Å². The predicted molar refractivity (Wildman–Crippen MR) is 103 cm³/mol. The van der Waals surface area contributed by atoms with Gasteiger partial charge in [-0.25, -0.2) is 4.39 Å². The van der Waals surface area contributed by atoms with Crippen molar-refractivity contribution in [1.82, 2.24) is 0 Å². The van der Waals surface area contributed by atoms with E-state index >= 15 is 0 Å². The Morgan fingerprint density at radius 2 is 1.46 bits per heavy atom. The molecule has 0 aliphatic heterocycles. The lowest BCUT2D eigenvalue weighted by Crippen LogP contribution is -2.04. The van der Waals surface area contributed by atoms with E-state index in [9.17, 15) is 24.6 Å². The maximum absolute atomic E-state index is 13.1. The molecule has 0 saturated carbocycles. The van der Waals surface area contributed by atoms with Crippen molar-refractivity contribution >= 4 is 28.4 Å². The molecule has 0 radical (unpaired) electrons. The summed E-state index contributed by atoms with van der Waals surface area (Å²) < 4.78 is 13.1. The molecule has 0 unspecified atom stereocenters. The van der Waals surface area contributed by atoms with E-state index in [1.807, 2.05) is 0 Å². The normalized spacial score (nSPS) is 10.5. The molecule has 0 amide bonds. The number of nitro benzene ring substituents is 2. The van der Waals surface area contributed by atoms with Gasteiger partial charge in [0.25, 0.3) is 11.4 Å². The lowest BCUT2D eigenvalue weighted by atomic mass is 10.0. The number of nitrogens with zero attached hydrogens (tertiary/aromatic N) is 2. The second-order valence-electron chi connectivity index (χ2n) is 6.04. The van der Waals surface area contributed by atoms with Crippen molar-refractivity contribution in [3.63, 3.8) is 0 Å². The zero-order valence-corrected chi connectivity index (χ0v) is 14.5. The van der Waals surface area contributed by atoms with Crippen molar-refractivity contribution in [2.75, 3.05) is 11.1 Å². The van der Waals surface area contributed by atoms with E-state index in [0.29, 0.717) is 12.1 Å². The van der Waals surface area contributed by atoms with Crippen LogP contribution in [0, 0.1) is 26.0 Å². The highest BCUT2D eigenvalue weighted by Crippen LogP contribution is 2.37. The molecule has 0 atom stereocenters. The van der Waals surface area contributed by atoms with E-state index in [0.717, 1.165) is 11.1 Å². The molecule has 3 rings (SSSR count). The summed E-state index contributed by atoms with van der Waals surface area (Å²) in [6, 6.07) is 14.6. The van der Waals surface area contributed by atoms with Gasteiger partial charge in [0.1, 0.15) is 5.82 Å². The molecule has 0 aliphatic carbocycles. The Morgan fingerprint density at radius 1 is 0.893 bits per heavy atom. The molecule has 0 aromatic heterocycles. The van der Waals surface area contributed by atoms with Crippen molar-refractivity contribution in [3.8, 4) is 0 Å². The number of hydrogen-bond acceptors (Lipinski definition) is 6. The fourth-order valence-electron chi connectivity index (χ4n) is 2.75. The largest absolute Gasteiger partial charge is 0.397 e. The Labute approximate surface area is 158 Å². The number of anilines is 3. The van der Waals surface area contributed by atoms with E-state index < -0.39 is 21.2 Å². The van der Waals surface area contributed by atoms with Crippen LogP contribution in [0.2, 0.25) is 0 Å². The molecule has 3 aromatic rings. The van der Waals surface area contributed by atoms with Gasteiger partial charge in [-0.05, 0) is 47.9 Å². The lowest BCUT2D eigenvalue weighted by molar-refractivity contribution is -0.392. The minimum Gasteiger partial charge on any atom is -0.397 e. The third-order valence-corrected chi connectivity index (χ3v) is 4.11. The highest BCUT2D eigenvalue weighted by Gasteiger charge is 2.25. The summed E-state index contributed by atoms with van der Waals surface area (Å²) in [6.07, 6.45) is 0.466. The molecule has 0 heterocycles. The molecular weight excluding hydrogens is 367 g/mol. The summed E-state index contributed by atoms with van der Waals surface area (Å²) in [5, 5.41) is 25.3. The average Bonchev–Trinajstić information content (AvgIpc) is 2.66. The molecule has 3 aromatic carbocycles. The number of nitrogens with one attached hydrogen (secondary N) is 1. The van der Waals surface area contributed by atoms with Crippen LogP contribution in [0.4, 0.5) is 32.8 Å². The van der Waals surface area contributed by atoms with Gasteiger partial charge in [0, 0.05) is 12.1 Å². The fraction of sp³-hybridized carbons (Fsp3) is 0.0526. The molecule has 9 heteroatoms. The lowest BCUT2D eigenvalue weighted by Gasteiger charge is -2.12. The summed E-state index contributed by atoms with van der Waals surface area (Å²) in [7, 11) is 0. The van der Waals surface area contributed by atoms with Crippen molar-refractivity contribution in [2.24, 2.45) is 0 Å². The number of nitro groups is 2. The maximum atomic E-state index is 13.1. The summed E-state index contributed by atoms with van der Waals surface area (Å²) in [5.74, 6) is -0.341. The minimum absolute atomic E-state index is 0.247. The molecule has 0 aliphatic rings. The maximum Gasteiger partial charge on any atom is 0.299 e. The summed E-state index contributed by atoms with van der Waals surface area (Å²) >= 11 is 0. The van der Waals surface area contributed by atoms with Crippen LogP contribution >= 0.6 is 0 Å². The molecule has 0 fully saturated rings. The summed E-state index contributed by atoms with van der Waals surface area (Å²) in [4.78, 5) is 21.2. The first-order chi connectivity index (χ1) is 13.3. The van der Waals surface area contributed by atoms with Crippen molar-refractivity contribution in [2.45, 2.75) is 6.42 Å². The highest BCUT2D eigenvalue weighted by molar-refractivity contribution is 5.83. The third kappa shape index (κ3) is 4.04. The highest BCUT2D eigenvalue weighted by atomic mass is 19.1. The molecule has 142 valence electrons. The molecule has 3 N–H and O–H groups in total. The van der Waals surface area contributed by atoms with E-state index in [4.69, 9.17) is 5.73 Å². The Balaban J connectivity index is 1.98. The molecule has 28 heavy (non-hydrogen) atoms. The first-order valence-corrected chi connectivity index (χ1v) is 8.17. The van der Waals surface area contributed by atoms with Gasteiger partial charge in [-0.1, -0.05) is 18.2 Å². The molecule has 0 spiro atoms. The Morgan fingerprint density at radius 3 is 2.04 bits per heavy atom. The zero-order chi connectivity index (χ0) is 20.3. The van der Waals surface area contributed by atoms with Crippen LogP contribution in [0.1, 0.15) is 11.1 Å². The summed E-state index contributed by atoms with van der Waals surface area (Å²) in [6.45, 7) is 0. The first-order valence-electron chi connectivity index (χ1n) is 8.17. The van der Waals surface area contributed by atoms with Crippen molar-refractivity contribution < 1.29 is 14.2 Å². The van der Waals surface area contributed by atoms with E-state index in [1.54, 1.807) is 30.3 Å². The second-order valence-corrected chi connectivity index (χ2v) is 6.04. The second kappa shape index (κ2) is 7.70. The number of halogens is 1. The van der Waals surface area contributed by atoms with Gasteiger partial charge in [0.05, 0.1) is 21.2 Å². The van der Waals surface area contributed by atoms with Crippen molar-refractivity contribution in [1.29, 1.82) is 0 Å². The monoisotopic (exact) mass is 382 g/mol. The standard InChI is InChI=1S/C19H15FN4O4/c20-14-7-4-12(5-8-14)10-13-6-9-15(21)16(11-13)22-19-17(23(25)26)2-1-3-18(19)24(27)28/h1-9,11,22H,10,21H2. The van der Waals surface area contributed by atoms with Gasteiger partial charge < -0.3 is 11.1 Å². The number of nitrogen functional groups attached to an aromatic ring is 1. The van der Waals surface area contributed by atoms with Crippen LogP contribution in [0.25, 0.3) is 0 Å². The van der Waals surface area contributed by atoms with Crippen LogP contribution in [-0.2, 0) is 6.42 Å². The fourth-order valence-corrected chi connectivity index (χ4v) is 2.75. The number of hydrogen-bond donors (Lipinski definition) is 2. The van der Waals surface area contributed by atoms with Crippen LogP contribution in [0.15, 0.2) is 60.7 Å². The van der Waals surface area contributed by atoms with E-state index in [-0.39, 0.29) is 17.2 Å². The predicted octanol–water partition coefficient (Wildman–Crippen LogP) is 4.56. The Bertz CT molecular complexity index is 1020. The minimum atomic E-state index is -0.701. The Hall–Kier alpha value is -4.01. The zero-order valence-electron chi connectivity index (χ0n) is 14.5. The Kier molecular flexibility index (Phi) is 5.16. The van der Waals surface area contributed by atoms with Gasteiger partial charge in [0.15, 0.2) is 5.69 Å². The van der Waals surface area contributed by atoms with Crippen molar-refractivity contribution in [3.05, 3.63) is 97.8 Å². The van der Waals surface area contributed by atoms with Crippen LogP contribution < -0.4 is 11.1 Å². The van der Waals surface area contributed by atoms with E-state index in [1.165, 1.54) is 30.3 Å². The van der Waals surface area contributed by atoms with Gasteiger partial charge in [-0.15, -0.1) is 0 Å². The average molecular weight is 382 g/mol. The molecule has 8 nitrogen and oxygen atoms in total. The first kappa shape index (κ1) is 18.8. The van der Waals surface area contributed by atoms with Gasteiger partial charge in [-0.2, -0.15) is 0 Å². The smallest absolute Gasteiger partial charge is 0.299 e. The van der Waals surface area contributed by atoms with Gasteiger partial charge in [0.2, 0.25) is 0 Å². The number of benzene rings is 3. The molecule has 0 bridgehead atoms. The number of rotatable bonds is 6.